The first-order chi connectivity index (χ1) is 12.7. The molecule has 0 aliphatic rings. The lowest BCUT2D eigenvalue weighted by Crippen LogP contribution is -2.34. The van der Waals surface area contributed by atoms with Crippen molar-refractivity contribution in [2.75, 3.05) is 0 Å². The Morgan fingerprint density at radius 2 is 1.59 bits per heavy atom. The van der Waals surface area contributed by atoms with Crippen LogP contribution in [0.1, 0.15) is 43.9 Å². The molecule has 0 fully saturated rings. The van der Waals surface area contributed by atoms with E-state index in [0.717, 1.165) is 11.1 Å². The minimum absolute atomic E-state index is 0.0614. The standard InChI is InChI=1S/C23H29NO3/c1-17-10-12-19(13-11-17)16-24-22(26)20(14-18-8-6-5-7-9-18)15-21(25)27-23(2,3)4/h5-13,20H,14-16H2,1-4H3,(H,24,26)/t20-/m1/s1. The molecule has 2 rings (SSSR count). The molecule has 1 amide bonds. The van der Waals surface area contributed by atoms with E-state index in [4.69, 9.17) is 4.74 Å². The van der Waals surface area contributed by atoms with Crippen molar-refractivity contribution < 1.29 is 14.3 Å². The maximum absolute atomic E-state index is 12.8. The highest BCUT2D eigenvalue weighted by atomic mass is 16.6. The average molecular weight is 367 g/mol. The molecule has 1 atom stereocenters. The van der Waals surface area contributed by atoms with Gasteiger partial charge in [-0.1, -0.05) is 60.2 Å². The van der Waals surface area contributed by atoms with Gasteiger partial charge in [-0.2, -0.15) is 0 Å². The monoisotopic (exact) mass is 367 g/mol. The highest BCUT2D eigenvalue weighted by Gasteiger charge is 2.25. The van der Waals surface area contributed by atoms with Crippen LogP contribution in [0.25, 0.3) is 0 Å². The van der Waals surface area contributed by atoms with Crippen LogP contribution in [0.15, 0.2) is 54.6 Å². The minimum atomic E-state index is -0.563. The fourth-order valence-electron chi connectivity index (χ4n) is 2.78. The van der Waals surface area contributed by atoms with Crippen LogP contribution in [-0.2, 0) is 27.3 Å². The van der Waals surface area contributed by atoms with Gasteiger partial charge in [0.05, 0.1) is 12.3 Å². The Morgan fingerprint density at radius 3 is 2.19 bits per heavy atom. The van der Waals surface area contributed by atoms with Crippen LogP contribution in [0.3, 0.4) is 0 Å². The Hall–Kier alpha value is -2.62. The van der Waals surface area contributed by atoms with Crippen molar-refractivity contribution in [3.63, 3.8) is 0 Å². The zero-order valence-corrected chi connectivity index (χ0v) is 16.6. The molecule has 1 N–H and O–H groups in total. The minimum Gasteiger partial charge on any atom is -0.460 e. The van der Waals surface area contributed by atoms with E-state index >= 15 is 0 Å². The van der Waals surface area contributed by atoms with Crippen LogP contribution < -0.4 is 5.32 Å². The first kappa shape index (κ1) is 20.7. The number of hydrogen-bond donors (Lipinski definition) is 1. The van der Waals surface area contributed by atoms with E-state index in [1.54, 1.807) is 0 Å². The molecule has 0 spiro atoms. The molecular formula is C23H29NO3. The summed E-state index contributed by atoms with van der Waals surface area (Å²) in [7, 11) is 0. The Kier molecular flexibility index (Phi) is 7.17. The molecule has 0 saturated carbocycles. The third kappa shape index (κ3) is 7.65. The summed E-state index contributed by atoms with van der Waals surface area (Å²) in [4.78, 5) is 25.0. The normalized spacial score (nSPS) is 12.3. The smallest absolute Gasteiger partial charge is 0.307 e. The Labute approximate surface area is 161 Å². The number of esters is 1. The summed E-state index contributed by atoms with van der Waals surface area (Å²) in [5, 5.41) is 2.96. The summed E-state index contributed by atoms with van der Waals surface area (Å²) in [5.41, 5.74) is 2.67. The molecule has 144 valence electrons. The summed E-state index contributed by atoms with van der Waals surface area (Å²) in [6.07, 6.45) is 0.561. The molecule has 4 heteroatoms. The molecule has 0 radical (unpaired) electrons. The number of amides is 1. The van der Waals surface area contributed by atoms with Gasteiger partial charge >= 0.3 is 5.97 Å². The van der Waals surface area contributed by atoms with E-state index in [2.05, 4.69) is 5.32 Å². The summed E-state index contributed by atoms with van der Waals surface area (Å²) in [6, 6.07) is 17.8. The first-order valence-electron chi connectivity index (χ1n) is 9.32. The molecule has 0 heterocycles. The average Bonchev–Trinajstić information content (AvgIpc) is 2.59. The van der Waals surface area contributed by atoms with E-state index < -0.39 is 11.5 Å². The number of ether oxygens (including phenoxy) is 1. The van der Waals surface area contributed by atoms with Gasteiger partial charge in [-0.15, -0.1) is 0 Å². The van der Waals surface area contributed by atoms with Gasteiger partial charge in [0.15, 0.2) is 0 Å². The van der Waals surface area contributed by atoms with Gasteiger partial charge in [0.2, 0.25) is 5.91 Å². The van der Waals surface area contributed by atoms with Crippen molar-refractivity contribution in [3.8, 4) is 0 Å². The summed E-state index contributed by atoms with van der Waals surface area (Å²) in [5.74, 6) is -0.952. The Balaban J connectivity index is 2.03. The van der Waals surface area contributed by atoms with Crippen molar-refractivity contribution in [3.05, 3.63) is 71.3 Å². The van der Waals surface area contributed by atoms with Crippen LogP contribution in [0.2, 0.25) is 0 Å². The topological polar surface area (TPSA) is 55.4 Å². The molecule has 0 aliphatic heterocycles. The first-order valence-corrected chi connectivity index (χ1v) is 9.32. The van der Waals surface area contributed by atoms with Gasteiger partial charge in [0, 0.05) is 6.54 Å². The van der Waals surface area contributed by atoms with E-state index in [-0.39, 0.29) is 18.3 Å². The van der Waals surface area contributed by atoms with Crippen molar-refractivity contribution in [2.45, 2.75) is 52.7 Å². The molecule has 0 aromatic heterocycles. The predicted molar refractivity (Wildman–Crippen MR) is 107 cm³/mol. The molecular weight excluding hydrogens is 338 g/mol. The molecule has 4 nitrogen and oxygen atoms in total. The summed E-state index contributed by atoms with van der Waals surface area (Å²) >= 11 is 0. The second-order valence-electron chi connectivity index (χ2n) is 7.88. The van der Waals surface area contributed by atoms with Crippen molar-refractivity contribution in [2.24, 2.45) is 5.92 Å². The predicted octanol–water partition coefficient (Wildman–Crippen LogP) is 4.20. The Morgan fingerprint density at radius 1 is 0.963 bits per heavy atom. The summed E-state index contributed by atoms with van der Waals surface area (Å²) in [6.45, 7) is 7.95. The number of rotatable bonds is 7. The van der Waals surface area contributed by atoms with E-state index in [0.29, 0.717) is 13.0 Å². The molecule has 0 bridgehead atoms. The molecule has 2 aromatic rings. The van der Waals surface area contributed by atoms with Crippen molar-refractivity contribution in [1.82, 2.24) is 5.32 Å². The fourth-order valence-corrected chi connectivity index (χ4v) is 2.78. The number of carbonyl (C=O) groups excluding carboxylic acids is 2. The maximum Gasteiger partial charge on any atom is 0.307 e. The zero-order chi connectivity index (χ0) is 19.9. The lowest BCUT2D eigenvalue weighted by Gasteiger charge is -2.22. The van der Waals surface area contributed by atoms with Crippen molar-refractivity contribution in [1.29, 1.82) is 0 Å². The highest BCUT2D eigenvalue weighted by Crippen LogP contribution is 2.17. The van der Waals surface area contributed by atoms with Crippen LogP contribution in [0.5, 0.6) is 0 Å². The molecule has 0 saturated heterocycles. The van der Waals surface area contributed by atoms with Gasteiger partial charge < -0.3 is 10.1 Å². The fraction of sp³-hybridized carbons (Fsp3) is 0.391. The maximum atomic E-state index is 12.8. The van der Waals surface area contributed by atoms with E-state index in [1.807, 2.05) is 82.3 Å². The van der Waals surface area contributed by atoms with Crippen LogP contribution in [0, 0.1) is 12.8 Å². The number of benzene rings is 2. The third-order valence-electron chi connectivity index (χ3n) is 4.12. The number of hydrogen-bond acceptors (Lipinski definition) is 3. The van der Waals surface area contributed by atoms with Gasteiger partial charge in [0.25, 0.3) is 0 Å². The largest absolute Gasteiger partial charge is 0.460 e. The highest BCUT2D eigenvalue weighted by molar-refractivity contribution is 5.84. The second-order valence-corrected chi connectivity index (χ2v) is 7.88. The zero-order valence-electron chi connectivity index (χ0n) is 16.6. The Bertz CT molecular complexity index is 745. The lowest BCUT2D eigenvalue weighted by atomic mass is 9.95. The SMILES string of the molecule is Cc1ccc(CNC(=O)[C@@H](CC(=O)OC(C)(C)C)Cc2ccccc2)cc1. The van der Waals surface area contributed by atoms with Crippen LogP contribution in [-0.4, -0.2) is 17.5 Å². The second kappa shape index (κ2) is 9.36. The van der Waals surface area contributed by atoms with E-state index in [9.17, 15) is 9.59 Å². The molecule has 0 aliphatic carbocycles. The number of carbonyl (C=O) groups is 2. The molecule has 27 heavy (non-hydrogen) atoms. The van der Waals surface area contributed by atoms with Crippen LogP contribution in [0.4, 0.5) is 0 Å². The van der Waals surface area contributed by atoms with Gasteiger partial charge in [0.1, 0.15) is 5.60 Å². The van der Waals surface area contributed by atoms with Gasteiger partial charge in [-0.25, -0.2) is 0 Å². The number of aryl methyl sites for hydroxylation is 1. The van der Waals surface area contributed by atoms with E-state index in [1.165, 1.54) is 5.56 Å². The van der Waals surface area contributed by atoms with Gasteiger partial charge in [-0.3, -0.25) is 9.59 Å². The molecule has 0 unspecified atom stereocenters. The summed E-state index contributed by atoms with van der Waals surface area (Å²) < 4.78 is 5.41. The number of nitrogens with one attached hydrogen (secondary N) is 1. The van der Waals surface area contributed by atoms with Gasteiger partial charge in [-0.05, 0) is 45.2 Å². The lowest BCUT2D eigenvalue weighted by molar-refractivity contribution is -0.157. The van der Waals surface area contributed by atoms with Crippen molar-refractivity contribution >= 4 is 11.9 Å². The van der Waals surface area contributed by atoms with Crippen LogP contribution >= 0.6 is 0 Å². The quantitative estimate of drug-likeness (QED) is 0.746. The molecule has 2 aromatic carbocycles. The third-order valence-corrected chi connectivity index (χ3v) is 4.12.